The highest BCUT2D eigenvalue weighted by atomic mass is 32.1. The second-order valence-corrected chi connectivity index (χ2v) is 6.06. The van der Waals surface area contributed by atoms with Crippen molar-refractivity contribution in [3.63, 3.8) is 0 Å². The number of aryl methyl sites for hydroxylation is 2. The molecule has 2 heterocycles. The highest BCUT2D eigenvalue weighted by molar-refractivity contribution is 7.16. The molecule has 2 aromatic heterocycles. The summed E-state index contributed by atoms with van der Waals surface area (Å²) in [6.07, 6.45) is 3.48. The fraction of sp³-hybridized carbons (Fsp3) is 0.429. The minimum absolute atomic E-state index is 0.262. The normalized spacial score (nSPS) is 13.0. The van der Waals surface area contributed by atoms with Crippen LogP contribution in [0.1, 0.15) is 50.5 Å². The van der Waals surface area contributed by atoms with Gasteiger partial charge in [0.15, 0.2) is 16.5 Å². The van der Waals surface area contributed by atoms with Crippen LogP contribution in [0.2, 0.25) is 0 Å². The topological polar surface area (TPSA) is 97.0 Å². The number of anilines is 1. The lowest BCUT2D eigenvalue weighted by Crippen LogP contribution is -2.14. The van der Waals surface area contributed by atoms with Gasteiger partial charge in [0, 0.05) is 16.1 Å². The number of fused-ring (bicyclic) bond motifs is 1. The highest BCUT2D eigenvalue weighted by Gasteiger charge is 2.25. The van der Waals surface area contributed by atoms with E-state index in [0.717, 1.165) is 35.4 Å². The average Bonchev–Trinajstić information content (AvgIpc) is 3.20. The number of aromatic nitrogens is 3. The smallest absolute Gasteiger partial charge is 0.357 e. The van der Waals surface area contributed by atoms with E-state index in [0.29, 0.717) is 17.2 Å². The Morgan fingerprint density at radius 2 is 2.18 bits per heavy atom. The van der Waals surface area contributed by atoms with Gasteiger partial charge in [-0.2, -0.15) is 5.10 Å². The number of H-pyrrole nitrogens is 1. The second kappa shape index (κ2) is 5.88. The fourth-order valence-electron chi connectivity index (χ4n) is 2.56. The van der Waals surface area contributed by atoms with Gasteiger partial charge in [0.2, 0.25) is 0 Å². The number of esters is 1. The molecule has 1 aliphatic carbocycles. The summed E-state index contributed by atoms with van der Waals surface area (Å²) in [5, 5.41) is 10.1. The Morgan fingerprint density at radius 3 is 2.91 bits per heavy atom. The molecule has 2 aromatic rings. The summed E-state index contributed by atoms with van der Waals surface area (Å²) in [6.45, 7) is 1.92. The maximum absolute atomic E-state index is 12.3. The van der Waals surface area contributed by atoms with Gasteiger partial charge in [-0.3, -0.25) is 15.2 Å². The Bertz CT molecular complexity index is 735. The van der Waals surface area contributed by atoms with Crippen molar-refractivity contribution in [3.8, 4) is 0 Å². The third kappa shape index (κ3) is 2.50. The predicted molar refractivity (Wildman–Crippen MR) is 81.4 cm³/mol. The molecule has 0 aromatic carbocycles. The Kier molecular flexibility index (Phi) is 3.93. The van der Waals surface area contributed by atoms with E-state index in [1.165, 1.54) is 18.4 Å². The lowest BCUT2D eigenvalue weighted by Gasteiger charge is -1.99. The number of ether oxygens (including phenoxy) is 1. The summed E-state index contributed by atoms with van der Waals surface area (Å²) < 4.78 is 4.70. The lowest BCUT2D eigenvalue weighted by atomic mass is 10.2. The Hall–Kier alpha value is -2.22. The van der Waals surface area contributed by atoms with Crippen molar-refractivity contribution >= 4 is 28.3 Å². The number of aromatic amines is 1. The van der Waals surface area contributed by atoms with Crippen LogP contribution in [0.15, 0.2) is 0 Å². The summed E-state index contributed by atoms with van der Waals surface area (Å²) in [4.78, 5) is 29.0. The van der Waals surface area contributed by atoms with Crippen LogP contribution < -0.4 is 5.32 Å². The van der Waals surface area contributed by atoms with Gasteiger partial charge in [-0.15, -0.1) is 11.3 Å². The molecular weight excluding hydrogens is 304 g/mol. The van der Waals surface area contributed by atoms with Crippen LogP contribution in [-0.4, -0.2) is 34.2 Å². The molecule has 1 aliphatic rings. The predicted octanol–water partition coefficient (Wildman–Crippen LogP) is 1.96. The fourth-order valence-corrected chi connectivity index (χ4v) is 3.45. The summed E-state index contributed by atoms with van der Waals surface area (Å²) in [5.41, 5.74) is 2.70. The van der Waals surface area contributed by atoms with Crippen LogP contribution in [0, 0.1) is 0 Å². The van der Waals surface area contributed by atoms with Crippen LogP contribution in [0.3, 0.4) is 0 Å². The third-order valence-corrected chi connectivity index (χ3v) is 4.75. The van der Waals surface area contributed by atoms with Crippen molar-refractivity contribution in [1.82, 2.24) is 15.2 Å². The maximum atomic E-state index is 12.3. The number of hydrogen-bond acceptors (Lipinski definition) is 6. The maximum Gasteiger partial charge on any atom is 0.357 e. The van der Waals surface area contributed by atoms with Crippen molar-refractivity contribution in [3.05, 3.63) is 27.5 Å². The molecule has 7 nitrogen and oxygen atoms in total. The van der Waals surface area contributed by atoms with E-state index >= 15 is 0 Å². The molecule has 22 heavy (non-hydrogen) atoms. The number of rotatable bonds is 4. The molecule has 8 heteroatoms. The SMILES string of the molecule is CCc1sc(NC(=O)c2n[nH]c3c2CCC3)nc1C(=O)OC. The molecule has 116 valence electrons. The number of hydrogen-bond donors (Lipinski definition) is 2. The zero-order valence-electron chi connectivity index (χ0n) is 12.4. The minimum atomic E-state index is -0.491. The number of nitrogens with zero attached hydrogens (tertiary/aromatic N) is 2. The van der Waals surface area contributed by atoms with Crippen molar-refractivity contribution in [1.29, 1.82) is 0 Å². The van der Waals surface area contributed by atoms with Crippen LogP contribution in [0.25, 0.3) is 0 Å². The van der Waals surface area contributed by atoms with Gasteiger partial charge in [0.1, 0.15) is 0 Å². The molecule has 0 saturated carbocycles. The van der Waals surface area contributed by atoms with Crippen LogP contribution >= 0.6 is 11.3 Å². The molecule has 0 bridgehead atoms. The monoisotopic (exact) mass is 320 g/mol. The second-order valence-electron chi connectivity index (χ2n) is 4.97. The zero-order chi connectivity index (χ0) is 15.7. The molecule has 0 unspecified atom stereocenters. The zero-order valence-corrected chi connectivity index (χ0v) is 13.2. The Balaban J connectivity index is 1.82. The number of amides is 1. The van der Waals surface area contributed by atoms with E-state index in [9.17, 15) is 9.59 Å². The summed E-state index contributed by atoms with van der Waals surface area (Å²) >= 11 is 1.28. The number of thiazole rings is 1. The number of carbonyl (C=O) groups excluding carboxylic acids is 2. The lowest BCUT2D eigenvalue weighted by molar-refractivity contribution is 0.0593. The standard InChI is InChI=1S/C14H16N4O3S/c1-3-9-11(13(20)21-2)15-14(22-9)16-12(19)10-7-5-4-6-8(7)17-18-10/h3-6H2,1-2H3,(H,17,18)(H,15,16,19). The molecule has 0 atom stereocenters. The molecule has 0 aliphatic heterocycles. The average molecular weight is 320 g/mol. The van der Waals surface area contributed by atoms with Gasteiger partial charge in [0.05, 0.1) is 7.11 Å². The van der Waals surface area contributed by atoms with Gasteiger partial charge >= 0.3 is 5.97 Å². The molecule has 0 fully saturated rings. The number of nitrogens with one attached hydrogen (secondary N) is 2. The van der Waals surface area contributed by atoms with Crippen molar-refractivity contribution < 1.29 is 14.3 Å². The largest absolute Gasteiger partial charge is 0.464 e. The minimum Gasteiger partial charge on any atom is -0.464 e. The van der Waals surface area contributed by atoms with Gasteiger partial charge < -0.3 is 4.74 Å². The number of methoxy groups -OCH3 is 1. The first kappa shape index (κ1) is 14.7. The highest BCUT2D eigenvalue weighted by Crippen LogP contribution is 2.26. The molecule has 0 radical (unpaired) electrons. The van der Waals surface area contributed by atoms with Gasteiger partial charge in [-0.1, -0.05) is 6.92 Å². The van der Waals surface area contributed by atoms with Crippen molar-refractivity contribution in [2.75, 3.05) is 12.4 Å². The Morgan fingerprint density at radius 1 is 1.36 bits per heavy atom. The van der Waals surface area contributed by atoms with E-state index in [1.54, 1.807) is 0 Å². The first-order chi connectivity index (χ1) is 10.6. The third-order valence-electron chi connectivity index (χ3n) is 3.64. The van der Waals surface area contributed by atoms with Crippen LogP contribution in [-0.2, 0) is 24.0 Å². The van der Waals surface area contributed by atoms with Crippen molar-refractivity contribution in [2.24, 2.45) is 0 Å². The van der Waals surface area contributed by atoms with E-state index in [4.69, 9.17) is 4.74 Å². The summed E-state index contributed by atoms with van der Waals surface area (Å²) in [7, 11) is 1.31. The molecule has 2 N–H and O–H groups in total. The van der Waals surface area contributed by atoms with E-state index < -0.39 is 5.97 Å². The van der Waals surface area contributed by atoms with E-state index in [1.807, 2.05) is 6.92 Å². The van der Waals surface area contributed by atoms with Gasteiger partial charge in [-0.05, 0) is 25.7 Å². The van der Waals surface area contributed by atoms with Crippen LogP contribution in [0.5, 0.6) is 0 Å². The molecule has 0 spiro atoms. The first-order valence-corrected chi connectivity index (χ1v) is 7.91. The summed E-state index contributed by atoms with van der Waals surface area (Å²) in [5.74, 6) is -0.790. The molecular formula is C14H16N4O3S. The summed E-state index contributed by atoms with van der Waals surface area (Å²) in [6, 6.07) is 0. The van der Waals surface area contributed by atoms with E-state index in [-0.39, 0.29) is 11.6 Å². The first-order valence-electron chi connectivity index (χ1n) is 7.09. The molecule has 1 amide bonds. The van der Waals surface area contributed by atoms with Crippen LogP contribution in [0.4, 0.5) is 5.13 Å². The quantitative estimate of drug-likeness (QED) is 0.839. The van der Waals surface area contributed by atoms with Gasteiger partial charge in [-0.25, -0.2) is 9.78 Å². The van der Waals surface area contributed by atoms with Crippen molar-refractivity contribution in [2.45, 2.75) is 32.6 Å². The number of carbonyl (C=O) groups is 2. The van der Waals surface area contributed by atoms with E-state index in [2.05, 4.69) is 20.5 Å². The van der Waals surface area contributed by atoms with Gasteiger partial charge in [0.25, 0.3) is 5.91 Å². The molecule has 0 saturated heterocycles. The molecule has 3 rings (SSSR count). The Labute approximate surface area is 131 Å².